The summed E-state index contributed by atoms with van der Waals surface area (Å²) >= 11 is 0. The fraction of sp³-hybridized carbons (Fsp3) is 0.861. The van der Waals surface area contributed by atoms with Gasteiger partial charge in [-0.25, -0.2) is 0 Å². The van der Waals surface area contributed by atoms with Gasteiger partial charge in [0.25, 0.3) is 0 Å². The minimum atomic E-state index is -4.37. The second kappa shape index (κ2) is 28.9. The number of ether oxygens (including phenoxy) is 1. The van der Waals surface area contributed by atoms with Crippen LogP contribution in [0.5, 0.6) is 0 Å². The van der Waals surface area contributed by atoms with Gasteiger partial charge in [0.15, 0.2) is 13.9 Å². The SMILES string of the molecule is CCCCCCC/C=C\CCCCCCCCCC/C=C\CCCCC(=O)OC[C@@H](O)COP(=O)([O-])C(C)[N+](C)(C)CCC(O)O. The first-order chi connectivity index (χ1) is 21.9. The molecule has 0 aromatic carbocycles. The van der Waals surface area contributed by atoms with E-state index in [4.69, 9.17) is 19.5 Å². The number of carbonyl (C=O) groups is 1. The highest BCUT2D eigenvalue weighted by Crippen LogP contribution is 2.46. The fourth-order valence-corrected chi connectivity index (χ4v) is 6.56. The Hall–Kier alpha value is -1.06. The van der Waals surface area contributed by atoms with E-state index in [-0.39, 0.29) is 30.5 Å². The number of nitrogens with zero attached hydrogens (tertiary/aromatic N) is 1. The molecule has 0 heterocycles. The van der Waals surface area contributed by atoms with Crippen LogP contribution >= 0.6 is 7.60 Å². The molecular weight excluding hydrogens is 605 g/mol. The maximum atomic E-state index is 12.5. The number of unbranched alkanes of at least 4 members (excludes halogenated alkanes) is 16. The average molecular weight is 676 g/mol. The summed E-state index contributed by atoms with van der Waals surface area (Å²) in [6.07, 6.45) is 30.1. The van der Waals surface area contributed by atoms with E-state index in [1.54, 1.807) is 14.1 Å². The number of aliphatic hydroxyl groups is 3. The van der Waals surface area contributed by atoms with E-state index in [1.165, 1.54) is 103 Å². The minimum Gasteiger partial charge on any atom is -0.774 e. The van der Waals surface area contributed by atoms with Crippen molar-refractivity contribution in [3.63, 3.8) is 0 Å². The second-order valence-corrected chi connectivity index (χ2v) is 15.5. The maximum absolute atomic E-state index is 12.5. The molecule has 0 amide bonds. The number of hydrogen-bond donors (Lipinski definition) is 3. The molecule has 272 valence electrons. The molecule has 3 N–H and O–H groups in total. The van der Waals surface area contributed by atoms with Crippen molar-refractivity contribution in [1.82, 2.24) is 0 Å². The first kappa shape index (κ1) is 44.9. The molecule has 0 aromatic rings. The molecule has 46 heavy (non-hydrogen) atoms. The fourth-order valence-electron chi connectivity index (χ4n) is 5.08. The summed E-state index contributed by atoms with van der Waals surface area (Å²) in [6, 6.07) is 0. The van der Waals surface area contributed by atoms with Crippen molar-refractivity contribution in [2.24, 2.45) is 0 Å². The largest absolute Gasteiger partial charge is 0.774 e. The Kier molecular flexibility index (Phi) is 28.2. The van der Waals surface area contributed by atoms with E-state index in [2.05, 4.69) is 31.2 Å². The molecule has 0 saturated heterocycles. The lowest BCUT2D eigenvalue weighted by Crippen LogP contribution is -2.50. The molecule has 0 aliphatic carbocycles. The lowest BCUT2D eigenvalue weighted by molar-refractivity contribution is -0.902. The Balaban J connectivity index is 3.68. The molecule has 0 fully saturated rings. The van der Waals surface area contributed by atoms with Gasteiger partial charge in [-0.2, -0.15) is 0 Å². The summed E-state index contributed by atoms with van der Waals surface area (Å²) in [4.78, 5) is 24.5. The van der Waals surface area contributed by atoms with Crippen molar-refractivity contribution in [3.8, 4) is 0 Å². The number of rotatable bonds is 32. The molecule has 3 atom stereocenters. The van der Waals surface area contributed by atoms with E-state index in [9.17, 15) is 19.4 Å². The molecule has 0 rings (SSSR count). The van der Waals surface area contributed by atoms with E-state index in [1.807, 2.05) is 0 Å². The first-order valence-electron chi connectivity index (χ1n) is 18.2. The number of carbonyl (C=O) groups excluding carboxylic acids is 1. The van der Waals surface area contributed by atoms with Crippen LogP contribution in [-0.4, -0.2) is 77.8 Å². The highest BCUT2D eigenvalue weighted by Gasteiger charge is 2.34. The summed E-state index contributed by atoms with van der Waals surface area (Å²) in [5, 5.41) is 28.2. The van der Waals surface area contributed by atoms with Gasteiger partial charge in [0, 0.05) is 12.8 Å². The standard InChI is InChI=1S/C36H70NO8P/c1-5-6-7-8-9-10-11-12-13-14-15-16-17-18-19-20-21-22-23-24-25-26-27-28-36(41)44-31-34(38)32-45-46(42,43)33(2)37(3,4)30-29-35(39)40/h11-12,23-24,33-35,38-40H,5-10,13-22,25-32H2,1-4H3/b12-11-,24-23-/t33?,34-/m1/s1. The molecule has 10 heteroatoms. The number of quaternary nitrogens is 1. The highest BCUT2D eigenvalue weighted by atomic mass is 31.2. The van der Waals surface area contributed by atoms with E-state index < -0.39 is 38.3 Å². The summed E-state index contributed by atoms with van der Waals surface area (Å²) in [6.45, 7) is 3.10. The molecule has 0 spiro atoms. The zero-order valence-corrected chi connectivity index (χ0v) is 30.7. The summed E-state index contributed by atoms with van der Waals surface area (Å²) in [7, 11) is -1.07. The lowest BCUT2D eigenvalue weighted by atomic mass is 10.1. The third-order valence-electron chi connectivity index (χ3n) is 8.62. The lowest BCUT2D eigenvalue weighted by Gasteiger charge is -2.42. The van der Waals surface area contributed by atoms with Crippen LogP contribution in [-0.2, 0) is 18.6 Å². The van der Waals surface area contributed by atoms with Crippen LogP contribution in [0, 0.1) is 0 Å². The summed E-state index contributed by atoms with van der Waals surface area (Å²) in [5.41, 5.74) is 0. The molecule has 2 unspecified atom stereocenters. The van der Waals surface area contributed by atoms with Crippen LogP contribution in [0.15, 0.2) is 24.3 Å². The van der Waals surface area contributed by atoms with Gasteiger partial charge in [-0.1, -0.05) is 95.4 Å². The number of hydrogen-bond acceptors (Lipinski definition) is 8. The van der Waals surface area contributed by atoms with Gasteiger partial charge in [-0.3, -0.25) is 4.79 Å². The van der Waals surface area contributed by atoms with Crippen LogP contribution in [0.2, 0.25) is 0 Å². The van der Waals surface area contributed by atoms with Crippen molar-refractivity contribution in [2.45, 2.75) is 167 Å². The third kappa shape index (κ3) is 26.9. The topological polar surface area (TPSA) is 136 Å². The van der Waals surface area contributed by atoms with E-state index >= 15 is 0 Å². The van der Waals surface area contributed by atoms with Gasteiger partial charge in [0.1, 0.15) is 18.5 Å². The van der Waals surface area contributed by atoms with Crippen LogP contribution in [0.25, 0.3) is 0 Å². The molecule has 0 radical (unpaired) electrons. The Labute approximate surface area is 281 Å². The van der Waals surface area contributed by atoms with Gasteiger partial charge >= 0.3 is 5.97 Å². The van der Waals surface area contributed by atoms with Crippen molar-refractivity contribution in [3.05, 3.63) is 24.3 Å². The Morgan fingerprint density at radius 2 is 1.17 bits per heavy atom. The third-order valence-corrected chi connectivity index (χ3v) is 10.7. The highest BCUT2D eigenvalue weighted by molar-refractivity contribution is 7.51. The number of allylic oxidation sites excluding steroid dienone is 4. The van der Waals surface area contributed by atoms with Crippen LogP contribution < -0.4 is 4.89 Å². The van der Waals surface area contributed by atoms with Crippen molar-refractivity contribution in [2.75, 3.05) is 33.9 Å². The van der Waals surface area contributed by atoms with Gasteiger partial charge in [0.05, 0.1) is 27.2 Å². The zero-order valence-electron chi connectivity index (χ0n) is 29.8. The zero-order chi connectivity index (χ0) is 34.5. The smallest absolute Gasteiger partial charge is 0.305 e. The first-order valence-corrected chi connectivity index (χ1v) is 19.8. The van der Waals surface area contributed by atoms with Crippen LogP contribution in [0.1, 0.15) is 149 Å². The second-order valence-electron chi connectivity index (χ2n) is 13.4. The maximum Gasteiger partial charge on any atom is 0.305 e. The van der Waals surface area contributed by atoms with Gasteiger partial charge < -0.3 is 38.5 Å². The molecule has 0 aliphatic heterocycles. The molecule has 9 nitrogen and oxygen atoms in total. The normalized spacial score (nSPS) is 15.2. The van der Waals surface area contributed by atoms with Gasteiger partial charge in [0.2, 0.25) is 0 Å². The van der Waals surface area contributed by atoms with Crippen molar-refractivity contribution < 1.29 is 43.3 Å². The van der Waals surface area contributed by atoms with Gasteiger partial charge in [-0.15, -0.1) is 0 Å². The summed E-state index contributed by atoms with van der Waals surface area (Å²) in [5.74, 6) is -1.39. The Morgan fingerprint density at radius 3 is 1.63 bits per heavy atom. The predicted octanol–water partition coefficient (Wildman–Crippen LogP) is 7.52. The quantitative estimate of drug-likeness (QED) is 0.0166. The van der Waals surface area contributed by atoms with Crippen molar-refractivity contribution >= 4 is 13.6 Å². The van der Waals surface area contributed by atoms with Crippen molar-refractivity contribution in [1.29, 1.82) is 0 Å². The number of aliphatic hydroxyl groups excluding tert-OH is 2. The summed E-state index contributed by atoms with van der Waals surface area (Å²) < 4.78 is 22.6. The predicted molar refractivity (Wildman–Crippen MR) is 186 cm³/mol. The van der Waals surface area contributed by atoms with Gasteiger partial charge in [-0.05, 0) is 64.7 Å². The van der Waals surface area contributed by atoms with E-state index in [0.717, 1.165) is 19.3 Å². The molecular formula is C36H70NO8P. The molecule has 0 bridgehead atoms. The van der Waals surface area contributed by atoms with E-state index in [0.29, 0.717) is 6.42 Å². The molecule has 0 aliphatic rings. The van der Waals surface area contributed by atoms with Crippen LogP contribution in [0.4, 0.5) is 0 Å². The minimum absolute atomic E-state index is 0.0184. The number of esters is 1. The average Bonchev–Trinajstić information content (AvgIpc) is 3.01. The monoisotopic (exact) mass is 675 g/mol. The van der Waals surface area contributed by atoms with Crippen LogP contribution in [0.3, 0.4) is 0 Å². The molecule has 0 aromatic heterocycles. The molecule has 0 saturated carbocycles. The Morgan fingerprint density at radius 1 is 0.739 bits per heavy atom. The Bertz CT molecular complexity index is 833.